The molecule has 0 fully saturated rings. The van der Waals surface area contributed by atoms with Crippen molar-refractivity contribution >= 4 is 23.2 Å². The number of anilines is 1. The molecule has 1 aromatic heterocycles. The fourth-order valence-electron chi connectivity index (χ4n) is 3.75. The number of amides is 2. The van der Waals surface area contributed by atoms with Gasteiger partial charge in [0.1, 0.15) is 11.5 Å². The molecule has 3 aromatic rings. The van der Waals surface area contributed by atoms with Gasteiger partial charge in [0.15, 0.2) is 5.76 Å². The summed E-state index contributed by atoms with van der Waals surface area (Å²) in [6.07, 6.45) is 2.14. The van der Waals surface area contributed by atoms with Crippen molar-refractivity contribution in [3.8, 4) is 5.75 Å². The third-order valence-corrected chi connectivity index (χ3v) is 5.25. The van der Waals surface area contributed by atoms with Crippen LogP contribution in [-0.4, -0.2) is 22.6 Å². The van der Waals surface area contributed by atoms with Crippen molar-refractivity contribution in [3.63, 3.8) is 0 Å². The van der Waals surface area contributed by atoms with Gasteiger partial charge in [0.2, 0.25) is 0 Å². The van der Waals surface area contributed by atoms with E-state index in [1.807, 2.05) is 38.1 Å². The van der Waals surface area contributed by atoms with Crippen molar-refractivity contribution in [1.82, 2.24) is 5.43 Å². The maximum atomic E-state index is 12.8. The van der Waals surface area contributed by atoms with E-state index in [0.717, 1.165) is 17.5 Å². The molecule has 0 unspecified atom stereocenters. The lowest BCUT2D eigenvalue weighted by atomic mass is 9.93. The SMILES string of the molecule is Cc1cccc(NC(=O)c2oc3c(c2C)/C(=N/NC(=O)c2ccccc2O)CCC3)c1. The second-order valence-electron chi connectivity index (χ2n) is 7.55. The van der Waals surface area contributed by atoms with Crippen LogP contribution in [-0.2, 0) is 6.42 Å². The van der Waals surface area contributed by atoms with Crippen molar-refractivity contribution in [1.29, 1.82) is 0 Å². The highest BCUT2D eigenvalue weighted by molar-refractivity contribution is 6.09. The first kappa shape index (κ1) is 20.4. The number of nitrogens with zero attached hydrogens (tertiary/aromatic N) is 1. The lowest BCUT2D eigenvalue weighted by Gasteiger charge is -2.13. The van der Waals surface area contributed by atoms with Gasteiger partial charge in [0, 0.05) is 23.2 Å². The van der Waals surface area contributed by atoms with Crippen LogP contribution >= 0.6 is 0 Å². The molecule has 4 rings (SSSR count). The molecular formula is C24H23N3O4. The van der Waals surface area contributed by atoms with Crippen LogP contribution < -0.4 is 10.7 Å². The first-order valence-corrected chi connectivity index (χ1v) is 10.1. The fourth-order valence-corrected chi connectivity index (χ4v) is 3.75. The van der Waals surface area contributed by atoms with Gasteiger partial charge in [0.05, 0.1) is 11.3 Å². The molecule has 0 saturated carbocycles. The van der Waals surface area contributed by atoms with Gasteiger partial charge in [-0.05, 0) is 56.5 Å². The van der Waals surface area contributed by atoms with Crippen LogP contribution in [0.4, 0.5) is 5.69 Å². The number of nitrogens with one attached hydrogen (secondary N) is 2. The van der Waals surface area contributed by atoms with Gasteiger partial charge >= 0.3 is 0 Å². The minimum Gasteiger partial charge on any atom is -0.507 e. The summed E-state index contributed by atoms with van der Waals surface area (Å²) in [4.78, 5) is 25.2. The third-order valence-electron chi connectivity index (χ3n) is 5.25. The zero-order valence-electron chi connectivity index (χ0n) is 17.4. The number of fused-ring (bicyclic) bond motifs is 1. The Hall–Kier alpha value is -3.87. The summed E-state index contributed by atoms with van der Waals surface area (Å²) in [5, 5.41) is 17.0. The summed E-state index contributed by atoms with van der Waals surface area (Å²) >= 11 is 0. The average molecular weight is 417 g/mol. The van der Waals surface area contributed by atoms with E-state index in [4.69, 9.17) is 4.42 Å². The number of aromatic hydroxyl groups is 1. The largest absolute Gasteiger partial charge is 0.507 e. The molecule has 0 saturated heterocycles. The first-order valence-electron chi connectivity index (χ1n) is 10.1. The average Bonchev–Trinajstić information content (AvgIpc) is 3.10. The summed E-state index contributed by atoms with van der Waals surface area (Å²) in [5.41, 5.74) is 6.50. The number of phenols is 1. The molecule has 0 bridgehead atoms. The summed E-state index contributed by atoms with van der Waals surface area (Å²) in [6.45, 7) is 3.78. The number of hydrogen-bond donors (Lipinski definition) is 3. The summed E-state index contributed by atoms with van der Waals surface area (Å²) in [5.74, 6) is -0.00709. The second kappa shape index (κ2) is 8.47. The molecule has 1 heterocycles. The van der Waals surface area contributed by atoms with Crippen molar-refractivity contribution < 1.29 is 19.1 Å². The zero-order valence-corrected chi connectivity index (χ0v) is 17.4. The summed E-state index contributed by atoms with van der Waals surface area (Å²) in [7, 11) is 0. The van der Waals surface area contributed by atoms with Gasteiger partial charge in [-0.25, -0.2) is 5.43 Å². The van der Waals surface area contributed by atoms with Crippen LogP contribution in [0.25, 0.3) is 0 Å². The number of para-hydroxylation sites is 1. The van der Waals surface area contributed by atoms with Crippen LogP contribution in [0.1, 0.15) is 56.2 Å². The molecule has 0 atom stereocenters. The van der Waals surface area contributed by atoms with Crippen LogP contribution in [0.5, 0.6) is 5.75 Å². The Morgan fingerprint density at radius 1 is 1.03 bits per heavy atom. The van der Waals surface area contributed by atoms with Gasteiger partial charge in [-0.2, -0.15) is 5.10 Å². The maximum Gasteiger partial charge on any atom is 0.291 e. The Kier molecular flexibility index (Phi) is 5.58. The summed E-state index contributed by atoms with van der Waals surface area (Å²) < 4.78 is 5.90. The molecule has 1 aliphatic rings. The Balaban J connectivity index is 1.58. The molecule has 7 heteroatoms. The van der Waals surface area contributed by atoms with Gasteiger partial charge in [0.25, 0.3) is 11.8 Å². The fraction of sp³-hybridized carbons (Fsp3) is 0.208. The predicted molar refractivity (Wildman–Crippen MR) is 118 cm³/mol. The normalized spacial score (nSPS) is 14.2. The van der Waals surface area contributed by atoms with E-state index in [1.54, 1.807) is 12.1 Å². The molecule has 1 aliphatic carbocycles. The number of furan rings is 1. The van der Waals surface area contributed by atoms with E-state index in [-0.39, 0.29) is 23.0 Å². The second-order valence-corrected chi connectivity index (χ2v) is 7.55. The van der Waals surface area contributed by atoms with Crippen LogP contribution in [0, 0.1) is 13.8 Å². The molecule has 0 spiro atoms. The predicted octanol–water partition coefficient (Wildman–Crippen LogP) is 4.32. The Labute approximate surface area is 179 Å². The molecule has 3 N–H and O–H groups in total. The van der Waals surface area contributed by atoms with E-state index in [0.29, 0.717) is 35.6 Å². The number of aryl methyl sites for hydroxylation is 2. The lowest BCUT2D eigenvalue weighted by molar-refractivity contribution is 0.0950. The molecular weight excluding hydrogens is 394 g/mol. The van der Waals surface area contributed by atoms with E-state index in [2.05, 4.69) is 15.8 Å². The number of benzene rings is 2. The van der Waals surface area contributed by atoms with Gasteiger partial charge < -0.3 is 14.8 Å². The Bertz CT molecular complexity index is 1190. The van der Waals surface area contributed by atoms with E-state index < -0.39 is 5.91 Å². The highest BCUT2D eigenvalue weighted by Gasteiger charge is 2.28. The molecule has 2 amide bonds. The van der Waals surface area contributed by atoms with Crippen molar-refractivity contribution in [2.75, 3.05) is 5.32 Å². The minimum absolute atomic E-state index is 0.112. The van der Waals surface area contributed by atoms with E-state index in [9.17, 15) is 14.7 Å². The van der Waals surface area contributed by atoms with E-state index >= 15 is 0 Å². The van der Waals surface area contributed by atoms with Crippen molar-refractivity contribution in [2.24, 2.45) is 5.10 Å². The number of carbonyl (C=O) groups excluding carboxylic acids is 2. The Morgan fingerprint density at radius 3 is 2.61 bits per heavy atom. The highest BCUT2D eigenvalue weighted by Crippen LogP contribution is 2.30. The highest BCUT2D eigenvalue weighted by atomic mass is 16.4. The number of rotatable bonds is 4. The number of hydrogen-bond acceptors (Lipinski definition) is 5. The number of carbonyl (C=O) groups is 2. The lowest BCUT2D eigenvalue weighted by Crippen LogP contribution is -2.22. The molecule has 158 valence electrons. The maximum absolute atomic E-state index is 12.8. The monoisotopic (exact) mass is 417 g/mol. The Morgan fingerprint density at radius 2 is 1.84 bits per heavy atom. The van der Waals surface area contributed by atoms with Crippen LogP contribution in [0.3, 0.4) is 0 Å². The zero-order chi connectivity index (χ0) is 22.0. The molecule has 0 radical (unpaired) electrons. The van der Waals surface area contributed by atoms with E-state index in [1.165, 1.54) is 12.1 Å². The van der Waals surface area contributed by atoms with Crippen LogP contribution in [0.2, 0.25) is 0 Å². The molecule has 31 heavy (non-hydrogen) atoms. The smallest absolute Gasteiger partial charge is 0.291 e. The number of phenolic OH excluding ortho intramolecular Hbond substituents is 1. The third kappa shape index (κ3) is 4.21. The number of hydrazone groups is 1. The van der Waals surface area contributed by atoms with Crippen molar-refractivity contribution in [2.45, 2.75) is 33.1 Å². The van der Waals surface area contributed by atoms with Gasteiger partial charge in [-0.15, -0.1) is 0 Å². The first-order chi connectivity index (χ1) is 14.9. The molecule has 7 nitrogen and oxygen atoms in total. The molecule has 0 aliphatic heterocycles. The minimum atomic E-state index is -0.503. The standard InChI is InChI=1S/C24H23N3O4/c1-14-7-5-8-16(13-14)25-24(30)22-15(2)21-18(10-6-12-20(21)31-22)26-27-23(29)17-9-3-4-11-19(17)28/h3-5,7-9,11,13,28H,6,10,12H2,1-2H3,(H,25,30)(H,27,29)/b26-18+. The van der Waals surface area contributed by atoms with Crippen LogP contribution in [0.15, 0.2) is 58.0 Å². The van der Waals surface area contributed by atoms with Gasteiger partial charge in [-0.1, -0.05) is 24.3 Å². The molecule has 2 aromatic carbocycles. The summed E-state index contributed by atoms with van der Waals surface area (Å²) in [6, 6.07) is 13.8. The van der Waals surface area contributed by atoms with Crippen molar-refractivity contribution in [3.05, 3.63) is 82.3 Å². The quantitative estimate of drug-likeness (QED) is 0.550. The van der Waals surface area contributed by atoms with Gasteiger partial charge in [-0.3, -0.25) is 9.59 Å². The topological polar surface area (TPSA) is 104 Å².